The molecule has 1 aliphatic rings. The van der Waals surface area contributed by atoms with Gasteiger partial charge < -0.3 is 15.2 Å². The Labute approximate surface area is 207 Å². The minimum Gasteiger partial charge on any atom is -0.351 e. The van der Waals surface area contributed by atoms with Crippen LogP contribution in [0.2, 0.25) is 5.02 Å². The van der Waals surface area contributed by atoms with Crippen LogP contribution in [-0.4, -0.2) is 44.2 Å². The van der Waals surface area contributed by atoms with E-state index in [1.54, 1.807) is 47.4 Å². The molecule has 1 unspecified atom stereocenters. The number of halogens is 1. The zero-order chi connectivity index (χ0) is 25.2. The van der Waals surface area contributed by atoms with Crippen molar-refractivity contribution in [3.63, 3.8) is 0 Å². The average Bonchev–Trinajstić information content (AvgIpc) is 3.27. The number of benzene rings is 2. The first-order chi connectivity index (χ1) is 16.6. The third-order valence-electron chi connectivity index (χ3n) is 5.87. The molecule has 3 amide bonds. The number of carbonyl (C=O) groups excluding carboxylic acids is 3. The molecule has 1 aliphatic heterocycles. The summed E-state index contributed by atoms with van der Waals surface area (Å²) < 4.78 is 27.3. The second kappa shape index (κ2) is 10.1. The van der Waals surface area contributed by atoms with Gasteiger partial charge >= 0.3 is 0 Å². The lowest BCUT2D eigenvalue weighted by Crippen LogP contribution is -2.40. The Balaban J connectivity index is 1.33. The van der Waals surface area contributed by atoms with Gasteiger partial charge in [0.15, 0.2) is 5.03 Å². The fourth-order valence-electron chi connectivity index (χ4n) is 3.82. The average molecular weight is 517 g/mol. The third-order valence-corrected chi connectivity index (χ3v) is 7.37. The fourth-order valence-corrected chi connectivity index (χ4v) is 5.09. The zero-order valence-corrected chi connectivity index (χ0v) is 20.6. The predicted molar refractivity (Wildman–Crippen MR) is 133 cm³/mol. The van der Waals surface area contributed by atoms with Crippen molar-refractivity contribution in [2.75, 3.05) is 18.0 Å². The molecule has 1 saturated heterocycles. The van der Waals surface area contributed by atoms with Crippen molar-refractivity contribution in [3.8, 4) is 0 Å². The maximum Gasteiger partial charge on any atom is 0.279 e. The number of hydrogen-bond acceptors (Lipinski definition) is 5. The Kier molecular flexibility index (Phi) is 7.13. The number of anilines is 1. The number of rotatable bonds is 7. The van der Waals surface area contributed by atoms with E-state index in [0.29, 0.717) is 34.5 Å². The lowest BCUT2D eigenvalue weighted by molar-refractivity contribution is -0.122. The van der Waals surface area contributed by atoms with Gasteiger partial charge in [0.2, 0.25) is 11.8 Å². The standard InChI is InChI=1S/C24H25ClN4O5S/c1-15(23(31)28-35(33,34)21-12-17-5-8-18(25)13-20(17)27-21)14-26-24(32)16-6-9-19(10-7-16)29-11-3-2-4-22(29)30/h5-10,12-13,15,27H,2-4,11,14H2,1H3,(H,26,32)(H,28,31). The largest absolute Gasteiger partial charge is 0.351 e. The molecule has 0 bridgehead atoms. The number of piperidine rings is 1. The molecule has 4 rings (SSSR count). The van der Waals surface area contributed by atoms with Gasteiger partial charge in [0, 0.05) is 46.7 Å². The number of carbonyl (C=O) groups is 3. The molecule has 0 radical (unpaired) electrons. The number of nitrogens with zero attached hydrogens (tertiary/aromatic N) is 1. The van der Waals surface area contributed by atoms with Crippen LogP contribution in [0.25, 0.3) is 10.9 Å². The third kappa shape index (κ3) is 5.66. The van der Waals surface area contributed by atoms with Crippen molar-refractivity contribution in [3.05, 3.63) is 59.1 Å². The summed E-state index contributed by atoms with van der Waals surface area (Å²) in [6, 6.07) is 13.0. The molecule has 2 aromatic carbocycles. The summed E-state index contributed by atoms with van der Waals surface area (Å²) in [7, 11) is -4.13. The second-order valence-corrected chi connectivity index (χ2v) is 10.6. The van der Waals surface area contributed by atoms with Crippen LogP contribution in [0.15, 0.2) is 53.6 Å². The highest BCUT2D eigenvalue weighted by atomic mass is 35.5. The van der Waals surface area contributed by atoms with E-state index in [1.165, 1.54) is 13.0 Å². The molecule has 2 heterocycles. The first kappa shape index (κ1) is 24.7. The lowest BCUT2D eigenvalue weighted by Gasteiger charge is -2.26. The van der Waals surface area contributed by atoms with Crippen LogP contribution in [0.5, 0.6) is 0 Å². The van der Waals surface area contributed by atoms with Gasteiger partial charge in [0.25, 0.3) is 15.9 Å². The summed E-state index contributed by atoms with van der Waals surface area (Å²) in [6.07, 6.45) is 2.35. The zero-order valence-electron chi connectivity index (χ0n) is 19.0. The van der Waals surface area contributed by atoms with E-state index in [9.17, 15) is 22.8 Å². The summed E-state index contributed by atoms with van der Waals surface area (Å²) in [4.78, 5) is 41.5. The molecule has 0 saturated carbocycles. The van der Waals surface area contributed by atoms with Gasteiger partial charge in [0.05, 0.1) is 5.92 Å². The number of aromatic nitrogens is 1. The molecule has 3 N–H and O–H groups in total. The van der Waals surface area contributed by atoms with Crippen molar-refractivity contribution < 1.29 is 22.8 Å². The van der Waals surface area contributed by atoms with Crippen molar-refractivity contribution >= 4 is 55.9 Å². The van der Waals surface area contributed by atoms with Gasteiger partial charge in [-0.15, -0.1) is 0 Å². The summed E-state index contributed by atoms with van der Waals surface area (Å²) in [6.45, 7) is 2.11. The number of amides is 3. The van der Waals surface area contributed by atoms with Crippen molar-refractivity contribution in [2.45, 2.75) is 31.2 Å². The Hall–Kier alpha value is -3.37. The number of nitrogens with one attached hydrogen (secondary N) is 3. The molecule has 1 aromatic heterocycles. The summed E-state index contributed by atoms with van der Waals surface area (Å²) in [5.41, 5.74) is 1.64. The number of fused-ring (bicyclic) bond motifs is 1. The second-order valence-electron chi connectivity index (χ2n) is 8.50. The van der Waals surface area contributed by atoms with Crippen molar-refractivity contribution in [1.82, 2.24) is 15.0 Å². The van der Waals surface area contributed by atoms with Crippen molar-refractivity contribution in [2.24, 2.45) is 5.92 Å². The van der Waals surface area contributed by atoms with Crippen LogP contribution in [0.4, 0.5) is 5.69 Å². The highest BCUT2D eigenvalue weighted by Gasteiger charge is 2.24. The topological polar surface area (TPSA) is 128 Å². The van der Waals surface area contributed by atoms with E-state index in [4.69, 9.17) is 11.6 Å². The van der Waals surface area contributed by atoms with E-state index in [2.05, 4.69) is 10.3 Å². The maximum absolute atomic E-state index is 12.6. The molecule has 35 heavy (non-hydrogen) atoms. The molecular formula is C24H25ClN4O5S. The number of H-pyrrole nitrogens is 1. The lowest BCUT2D eigenvalue weighted by atomic mass is 10.1. The van der Waals surface area contributed by atoms with Crippen LogP contribution in [0, 0.1) is 5.92 Å². The van der Waals surface area contributed by atoms with Gasteiger partial charge in [-0.05, 0) is 55.3 Å². The SMILES string of the molecule is CC(CNC(=O)c1ccc(N2CCCCC2=O)cc1)C(=O)NS(=O)(=O)c1cc2ccc(Cl)cc2[nH]1. The first-order valence-electron chi connectivity index (χ1n) is 11.2. The first-order valence-corrected chi connectivity index (χ1v) is 13.0. The molecule has 3 aromatic rings. The van der Waals surface area contributed by atoms with Gasteiger partial charge in [0.1, 0.15) is 0 Å². The van der Waals surface area contributed by atoms with Gasteiger partial charge in [-0.2, -0.15) is 8.42 Å². The molecule has 0 aliphatic carbocycles. The van der Waals surface area contributed by atoms with Crippen LogP contribution >= 0.6 is 11.6 Å². The molecule has 1 fully saturated rings. The number of sulfonamides is 1. The Bertz CT molecular complexity index is 1380. The normalized spacial score (nSPS) is 15.1. The molecule has 1 atom stereocenters. The highest BCUT2D eigenvalue weighted by molar-refractivity contribution is 7.90. The van der Waals surface area contributed by atoms with Crippen molar-refractivity contribution in [1.29, 1.82) is 0 Å². The highest BCUT2D eigenvalue weighted by Crippen LogP contribution is 2.23. The minimum absolute atomic E-state index is 0.0607. The maximum atomic E-state index is 12.6. The van der Waals surface area contributed by atoms with Crippen LogP contribution in [0.1, 0.15) is 36.5 Å². The van der Waals surface area contributed by atoms with E-state index in [-0.39, 0.29) is 17.5 Å². The summed E-state index contributed by atoms with van der Waals surface area (Å²) in [5.74, 6) is -1.89. The van der Waals surface area contributed by atoms with E-state index in [0.717, 1.165) is 18.5 Å². The van der Waals surface area contributed by atoms with Gasteiger partial charge in [-0.1, -0.05) is 24.6 Å². The van der Waals surface area contributed by atoms with Crippen LogP contribution in [0.3, 0.4) is 0 Å². The van der Waals surface area contributed by atoms with E-state index >= 15 is 0 Å². The van der Waals surface area contributed by atoms with Crippen LogP contribution < -0.4 is 14.9 Å². The smallest absolute Gasteiger partial charge is 0.279 e. The minimum atomic E-state index is -4.13. The molecular weight excluding hydrogens is 492 g/mol. The predicted octanol–water partition coefficient (Wildman–Crippen LogP) is 3.21. The Morgan fingerprint density at radius 3 is 2.57 bits per heavy atom. The van der Waals surface area contributed by atoms with E-state index < -0.39 is 27.8 Å². The molecule has 0 spiro atoms. The Morgan fingerprint density at radius 1 is 1.11 bits per heavy atom. The fraction of sp³-hybridized carbons (Fsp3) is 0.292. The van der Waals surface area contributed by atoms with Crippen LogP contribution in [-0.2, 0) is 19.6 Å². The van der Waals surface area contributed by atoms with Gasteiger partial charge in [-0.25, -0.2) is 4.72 Å². The monoisotopic (exact) mass is 516 g/mol. The molecule has 9 nitrogen and oxygen atoms in total. The quantitative estimate of drug-likeness (QED) is 0.444. The van der Waals surface area contributed by atoms with Gasteiger partial charge in [-0.3, -0.25) is 14.4 Å². The Morgan fingerprint density at radius 2 is 1.86 bits per heavy atom. The number of aromatic amines is 1. The summed E-state index contributed by atoms with van der Waals surface area (Å²) >= 11 is 5.93. The summed E-state index contributed by atoms with van der Waals surface area (Å²) in [5, 5.41) is 3.57. The van der Waals surface area contributed by atoms with E-state index in [1.807, 2.05) is 4.72 Å². The molecule has 11 heteroatoms. The molecule has 184 valence electrons. The number of hydrogen-bond donors (Lipinski definition) is 3.